The summed E-state index contributed by atoms with van der Waals surface area (Å²) >= 11 is 1.05. The molecule has 3 rings (SSSR count). The molecule has 0 fully saturated rings. The summed E-state index contributed by atoms with van der Waals surface area (Å²) in [6.45, 7) is 1.91. The highest BCUT2D eigenvalue weighted by Gasteiger charge is 2.17. The SMILES string of the molecule is Cc1cc(C#N)c2sc(=O)[n+](-c3ccccc3)nc2c1. The zero-order valence-corrected chi connectivity index (χ0v) is 11.5. The second-order valence-corrected chi connectivity index (χ2v) is 5.35. The molecule has 0 N–H and O–H groups in total. The van der Waals surface area contributed by atoms with E-state index >= 15 is 0 Å². The van der Waals surface area contributed by atoms with Crippen molar-refractivity contribution in [2.45, 2.75) is 6.92 Å². The van der Waals surface area contributed by atoms with Crippen molar-refractivity contribution in [3.05, 3.63) is 63.3 Å². The topological polar surface area (TPSA) is 57.6 Å². The monoisotopic (exact) mass is 280 g/mol. The van der Waals surface area contributed by atoms with E-state index in [4.69, 9.17) is 5.26 Å². The second-order valence-electron chi connectivity index (χ2n) is 4.39. The highest BCUT2D eigenvalue weighted by molar-refractivity contribution is 7.16. The Morgan fingerprint density at radius 2 is 2.00 bits per heavy atom. The number of hydrogen-bond donors (Lipinski definition) is 0. The maximum atomic E-state index is 12.2. The summed E-state index contributed by atoms with van der Waals surface area (Å²) in [7, 11) is 0. The van der Waals surface area contributed by atoms with Gasteiger partial charge in [0.1, 0.15) is 6.07 Å². The molecule has 0 aliphatic carbocycles. The fourth-order valence-corrected chi connectivity index (χ4v) is 2.86. The van der Waals surface area contributed by atoms with Crippen molar-refractivity contribution in [2.24, 2.45) is 0 Å². The Morgan fingerprint density at radius 3 is 2.70 bits per heavy atom. The summed E-state index contributed by atoms with van der Waals surface area (Å²) in [6.07, 6.45) is 0. The van der Waals surface area contributed by atoms with Crippen LogP contribution in [0.5, 0.6) is 0 Å². The minimum absolute atomic E-state index is 0.205. The maximum absolute atomic E-state index is 12.2. The van der Waals surface area contributed by atoms with E-state index in [9.17, 15) is 4.79 Å². The summed E-state index contributed by atoms with van der Waals surface area (Å²) in [5.74, 6) is 0. The smallest absolute Gasteiger partial charge is 0.200 e. The van der Waals surface area contributed by atoms with Gasteiger partial charge in [-0.3, -0.25) is 0 Å². The van der Waals surface area contributed by atoms with Crippen molar-refractivity contribution in [2.75, 3.05) is 0 Å². The van der Waals surface area contributed by atoms with Crippen LogP contribution >= 0.6 is 11.3 Å². The van der Waals surface area contributed by atoms with Crippen molar-refractivity contribution in [1.82, 2.24) is 5.10 Å². The van der Waals surface area contributed by atoms with Crippen LogP contribution in [0.25, 0.3) is 15.9 Å². The van der Waals surface area contributed by atoms with Crippen molar-refractivity contribution in [3.8, 4) is 11.8 Å². The number of benzene rings is 2. The maximum Gasteiger partial charge on any atom is 0.504 e. The van der Waals surface area contributed by atoms with Gasteiger partial charge in [0.05, 0.1) is 10.3 Å². The quantitative estimate of drug-likeness (QED) is 0.641. The molecule has 0 bridgehead atoms. The molecule has 2 aromatic carbocycles. The number of para-hydroxylation sites is 1. The Hall–Kier alpha value is -2.58. The van der Waals surface area contributed by atoms with Crippen LogP contribution in [0.2, 0.25) is 0 Å². The summed E-state index contributed by atoms with van der Waals surface area (Å²) in [5, 5.41) is 13.5. The van der Waals surface area contributed by atoms with Gasteiger partial charge in [0.15, 0.2) is 5.52 Å². The van der Waals surface area contributed by atoms with Gasteiger partial charge < -0.3 is 0 Å². The van der Waals surface area contributed by atoms with Crippen molar-refractivity contribution >= 4 is 21.6 Å². The molecule has 1 heterocycles. The summed E-state index contributed by atoms with van der Waals surface area (Å²) in [4.78, 5) is 12.0. The Labute approximate surface area is 119 Å². The fourth-order valence-electron chi connectivity index (χ4n) is 2.03. The third-order valence-electron chi connectivity index (χ3n) is 2.90. The standard InChI is InChI=1S/C15H10N3OS/c1-10-7-11(9-16)14-13(8-10)17-18(15(19)20-14)12-5-3-2-4-6-12/h2-8H,1H3/q+1. The number of aromatic nitrogens is 2. The molecule has 0 saturated carbocycles. The van der Waals surface area contributed by atoms with E-state index in [-0.39, 0.29) is 4.87 Å². The molecule has 0 spiro atoms. The van der Waals surface area contributed by atoms with Gasteiger partial charge in [-0.1, -0.05) is 18.2 Å². The lowest BCUT2D eigenvalue weighted by Gasteiger charge is -1.99. The first-order valence-electron chi connectivity index (χ1n) is 6.02. The van der Waals surface area contributed by atoms with E-state index in [1.165, 1.54) is 4.68 Å². The Kier molecular flexibility index (Phi) is 3.01. The molecule has 0 aliphatic rings. The zero-order chi connectivity index (χ0) is 14.1. The summed E-state index contributed by atoms with van der Waals surface area (Å²) < 4.78 is 2.00. The first-order chi connectivity index (χ1) is 9.69. The van der Waals surface area contributed by atoms with Crippen LogP contribution in [0, 0.1) is 18.3 Å². The molecule has 0 radical (unpaired) electrons. The largest absolute Gasteiger partial charge is 0.504 e. The van der Waals surface area contributed by atoms with Gasteiger partial charge in [-0.15, -0.1) is 0 Å². The first kappa shape index (κ1) is 12.5. The molecular weight excluding hydrogens is 270 g/mol. The van der Waals surface area contributed by atoms with Crippen LogP contribution in [0.4, 0.5) is 0 Å². The van der Waals surface area contributed by atoms with Gasteiger partial charge in [0.25, 0.3) is 0 Å². The van der Waals surface area contributed by atoms with Crippen LogP contribution in [-0.2, 0) is 0 Å². The third kappa shape index (κ3) is 2.06. The number of aryl methyl sites for hydroxylation is 1. The van der Waals surface area contributed by atoms with Gasteiger partial charge in [0, 0.05) is 21.9 Å². The Morgan fingerprint density at radius 1 is 1.25 bits per heavy atom. The molecule has 0 amide bonds. The zero-order valence-electron chi connectivity index (χ0n) is 10.7. The fraction of sp³-hybridized carbons (Fsp3) is 0.0667. The third-order valence-corrected chi connectivity index (χ3v) is 3.89. The average molecular weight is 280 g/mol. The Bertz CT molecular complexity index is 895. The highest BCUT2D eigenvalue weighted by atomic mass is 32.1. The van der Waals surface area contributed by atoms with Crippen LogP contribution in [0.1, 0.15) is 11.1 Å². The molecule has 20 heavy (non-hydrogen) atoms. The molecule has 4 nitrogen and oxygen atoms in total. The average Bonchev–Trinajstić information content (AvgIpc) is 2.47. The lowest BCUT2D eigenvalue weighted by molar-refractivity contribution is -0.667. The van der Waals surface area contributed by atoms with Gasteiger partial charge in [-0.2, -0.15) is 5.26 Å². The van der Waals surface area contributed by atoms with E-state index in [0.717, 1.165) is 22.6 Å². The van der Waals surface area contributed by atoms with Crippen molar-refractivity contribution < 1.29 is 4.68 Å². The summed E-state index contributed by atoms with van der Waals surface area (Å²) in [6, 6.07) is 15.0. The molecule has 0 atom stereocenters. The van der Waals surface area contributed by atoms with E-state index in [1.54, 1.807) is 6.07 Å². The number of nitriles is 1. The van der Waals surface area contributed by atoms with Gasteiger partial charge >= 0.3 is 4.87 Å². The second kappa shape index (κ2) is 4.83. The number of hydrogen-bond acceptors (Lipinski definition) is 4. The lowest BCUT2D eigenvalue weighted by atomic mass is 10.1. The summed E-state index contributed by atoms with van der Waals surface area (Å²) in [5.41, 5.74) is 2.83. The predicted molar refractivity (Wildman–Crippen MR) is 76.9 cm³/mol. The Balaban J connectivity index is 2.36. The van der Waals surface area contributed by atoms with Crippen molar-refractivity contribution in [1.29, 1.82) is 5.26 Å². The molecule has 0 saturated heterocycles. The van der Waals surface area contributed by atoms with Gasteiger partial charge in [0.2, 0.25) is 5.69 Å². The lowest BCUT2D eigenvalue weighted by Crippen LogP contribution is -2.49. The van der Waals surface area contributed by atoms with E-state index in [0.29, 0.717) is 15.8 Å². The van der Waals surface area contributed by atoms with Gasteiger partial charge in [-0.05, 0) is 36.0 Å². The number of fused-ring (bicyclic) bond motifs is 1. The van der Waals surface area contributed by atoms with E-state index in [1.807, 2.05) is 43.3 Å². The number of rotatable bonds is 1. The van der Waals surface area contributed by atoms with Crippen LogP contribution < -0.4 is 9.55 Å². The minimum Gasteiger partial charge on any atom is -0.200 e. The first-order valence-corrected chi connectivity index (χ1v) is 6.84. The van der Waals surface area contributed by atoms with Gasteiger partial charge in [-0.25, -0.2) is 4.79 Å². The number of nitrogens with zero attached hydrogens (tertiary/aromatic N) is 3. The van der Waals surface area contributed by atoms with Crippen molar-refractivity contribution in [3.63, 3.8) is 0 Å². The molecule has 1 aromatic heterocycles. The molecular formula is C15H10N3OS+. The normalized spacial score (nSPS) is 10.4. The molecule has 0 aliphatic heterocycles. The van der Waals surface area contributed by atoms with E-state index < -0.39 is 0 Å². The predicted octanol–water partition coefficient (Wildman–Crippen LogP) is 2.11. The van der Waals surface area contributed by atoms with Crippen LogP contribution in [-0.4, -0.2) is 5.10 Å². The minimum atomic E-state index is -0.205. The van der Waals surface area contributed by atoms with Crippen LogP contribution in [0.3, 0.4) is 0 Å². The highest BCUT2D eigenvalue weighted by Crippen LogP contribution is 2.19. The molecule has 3 aromatic rings. The molecule has 96 valence electrons. The van der Waals surface area contributed by atoms with Crippen LogP contribution in [0.15, 0.2) is 47.3 Å². The molecule has 5 heteroatoms. The van der Waals surface area contributed by atoms with E-state index in [2.05, 4.69) is 11.2 Å². The molecule has 0 unspecified atom stereocenters.